The molecule has 110 valence electrons. The number of carbonyl (C=O) groups is 1. The van der Waals surface area contributed by atoms with Crippen LogP contribution in [0.1, 0.15) is 12.5 Å². The third-order valence-electron chi connectivity index (χ3n) is 2.13. The number of aliphatic hydroxyl groups is 1. The molecule has 0 radical (unpaired) electrons. The highest BCUT2D eigenvalue weighted by molar-refractivity contribution is 5.87. The summed E-state index contributed by atoms with van der Waals surface area (Å²) in [6, 6.07) is 11.9. The number of rotatable bonds is 5. The summed E-state index contributed by atoms with van der Waals surface area (Å²) in [5, 5.41) is 16.5. The molecule has 0 fully saturated rings. The van der Waals surface area contributed by atoms with Gasteiger partial charge in [-0.3, -0.25) is 0 Å². The highest BCUT2D eigenvalue weighted by Gasteiger charge is 2.03. The van der Waals surface area contributed by atoms with Crippen LogP contribution in [0.3, 0.4) is 0 Å². The summed E-state index contributed by atoms with van der Waals surface area (Å²) in [5.74, 6) is -0.528. The average molecular weight is 285 g/mol. The Morgan fingerprint density at radius 1 is 1.38 bits per heavy atom. The molecule has 0 aliphatic carbocycles. The van der Waals surface area contributed by atoms with Gasteiger partial charge in [-0.15, -0.1) is 0 Å². The monoisotopic (exact) mass is 285 g/mol. The zero-order chi connectivity index (χ0) is 15.9. The smallest absolute Gasteiger partial charge is 0.335 e. The van der Waals surface area contributed by atoms with E-state index in [0.717, 1.165) is 5.56 Å². The molecule has 0 saturated carbocycles. The van der Waals surface area contributed by atoms with E-state index in [2.05, 4.69) is 11.3 Å². The molecule has 21 heavy (non-hydrogen) atoms. The molecule has 1 aromatic carbocycles. The number of esters is 1. The minimum Gasteiger partial charge on any atom is -0.463 e. The minimum absolute atomic E-state index is 0.0943. The van der Waals surface area contributed by atoms with Crippen LogP contribution in [-0.4, -0.2) is 24.3 Å². The number of aliphatic hydroxyl groups excluding tert-OH is 1. The van der Waals surface area contributed by atoms with E-state index in [1.54, 1.807) is 13.0 Å². The van der Waals surface area contributed by atoms with Crippen molar-refractivity contribution in [3.63, 3.8) is 0 Å². The molecule has 1 N–H and O–H groups in total. The van der Waals surface area contributed by atoms with Crippen LogP contribution in [0.4, 0.5) is 0 Å². The van der Waals surface area contributed by atoms with Crippen LogP contribution in [0.15, 0.2) is 60.7 Å². The van der Waals surface area contributed by atoms with Crippen LogP contribution in [-0.2, 0) is 9.53 Å². The molecule has 0 aliphatic heterocycles. The molecule has 4 nitrogen and oxygen atoms in total. The van der Waals surface area contributed by atoms with Crippen LogP contribution in [0.5, 0.6) is 0 Å². The maximum Gasteiger partial charge on any atom is 0.335 e. The Bertz CT molecular complexity index is 525. The standard InChI is InChI=1S/C11H9N.C6H10O3/c12-10-6-2-5-9-11-7-3-1-4-8-11;1-3-9-6(8)5(2)4-7/h1-9H;7H,2-4H2,1H3. The third kappa shape index (κ3) is 9.88. The van der Waals surface area contributed by atoms with Gasteiger partial charge in [-0.2, -0.15) is 5.26 Å². The summed E-state index contributed by atoms with van der Waals surface area (Å²) in [4.78, 5) is 10.5. The van der Waals surface area contributed by atoms with Crippen molar-refractivity contribution in [1.29, 1.82) is 5.26 Å². The van der Waals surface area contributed by atoms with Crippen LogP contribution < -0.4 is 0 Å². The van der Waals surface area contributed by atoms with Gasteiger partial charge in [-0.1, -0.05) is 55.1 Å². The summed E-state index contributed by atoms with van der Waals surface area (Å²) in [5.41, 5.74) is 1.23. The van der Waals surface area contributed by atoms with E-state index < -0.39 is 5.97 Å². The zero-order valence-electron chi connectivity index (χ0n) is 12.0. The quantitative estimate of drug-likeness (QED) is 0.391. The maximum absolute atomic E-state index is 10.5. The summed E-state index contributed by atoms with van der Waals surface area (Å²) >= 11 is 0. The molecule has 1 aromatic rings. The van der Waals surface area contributed by atoms with Gasteiger partial charge in [0.05, 0.1) is 24.9 Å². The molecule has 1 rings (SSSR count). The first-order valence-corrected chi connectivity index (χ1v) is 6.39. The molecular formula is C17H19NO3. The van der Waals surface area contributed by atoms with Crippen molar-refractivity contribution in [2.45, 2.75) is 6.92 Å². The molecule has 0 saturated heterocycles. The van der Waals surface area contributed by atoms with Gasteiger partial charge < -0.3 is 9.84 Å². The number of ether oxygens (including phenoxy) is 1. The van der Waals surface area contributed by atoms with Gasteiger partial charge in [0.1, 0.15) is 0 Å². The van der Waals surface area contributed by atoms with Crippen molar-refractivity contribution in [3.05, 3.63) is 66.3 Å². The molecule has 0 spiro atoms. The number of nitriles is 1. The van der Waals surface area contributed by atoms with Crippen molar-refractivity contribution in [3.8, 4) is 6.07 Å². The highest BCUT2D eigenvalue weighted by atomic mass is 16.5. The van der Waals surface area contributed by atoms with E-state index in [1.165, 1.54) is 6.08 Å². The Balaban J connectivity index is 0.000000400. The second-order valence-electron chi connectivity index (χ2n) is 3.74. The number of carbonyl (C=O) groups excluding carboxylic acids is 1. The molecule has 0 aromatic heterocycles. The van der Waals surface area contributed by atoms with E-state index in [9.17, 15) is 4.79 Å². The van der Waals surface area contributed by atoms with Crippen molar-refractivity contribution in [1.82, 2.24) is 0 Å². The van der Waals surface area contributed by atoms with E-state index in [4.69, 9.17) is 10.4 Å². The predicted molar refractivity (Wildman–Crippen MR) is 83.1 cm³/mol. The summed E-state index contributed by atoms with van der Waals surface area (Å²) < 4.78 is 4.50. The molecular weight excluding hydrogens is 266 g/mol. The first-order chi connectivity index (χ1) is 10.2. The van der Waals surface area contributed by atoms with E-state index in [-0.39, 0.29) is 12.2 Å². The van der Waals surface area contributed by atoms with Crippen molar-refractivity contribution in [2.75, 3.05) is 13.2 Å². The van der Waals surface area contributed by atoms with Gasteiger partial charge in [0, 0.05) is 6.08 Å². The maximum atomic E-state index is 10.5. The Morgan fingerprint density at radius 2 is 2.05 bits per heavy atom. The number of hydrogen-bond acceptors (Lipinski definition) is 4. The van der Waals surface area contributed by atoms with Gasteiger partial charge in [0.25, 0.3) is 0 Å². The second-order valence-corrected chi connectivity index (χ2v) is 3.74. The fraction of sp³-hybridized carbons (Fsp3) is 0.176. The molecule has 0 heterocycles. The van der Waals surface area contributed by atoms with Crippen molar-refractivity contribution >= 4 is 12.0 Å². The Hall–Kier alpha value is -2.64. The predicted octanol–water partition coefficient (Wildman–Crippen LogP) is 2.88. The molecule has 0 unspecified atom stereocenters. The van der Waals surface area contributed by atoms with E-state index in [0.29, 0.717) is 6.61 Å². The average Bonchev–Trinajstić information content (AvgIpc) is 2.52. The van der Waals surface area contributed by atoms with Gasteiger partial charge in [0.2, 0.25) is 0 Å². The Kier molecular flexibility index (Phi) is 10.8. The fourth-order valence-corrected chi connectivity index (χ4v) is 1.13. The first kappa shape index (κ1) is 18.4. The lowest BCUT2D eigenvalue weighted by atomic mass is 10.2. The van der Waals surface area contributed by atoms with Crippen LogP contribution in [0, 0.1) is 11.3 Å². The number of hydrogen-bond donors (Lipinski definition) is 1. The summed E-state index contributed by atoms with van der Waals surface area (Å²) in [6.45, 7) is 4.95. The van der Waals surface area contributed by atoms with E-state index in [1.807, 2.05) is 48.6 Å². The van der Waals surface area contributed by atoms with Gasteiger partial charge in [-0.05, 0) is 12.5 Å². The van der Waals surface area contributed by atoms with E-state index >= 15 is 0 Å². The number of allylic oxidation sites excluding steroid dienone is 3. The molecule has 4 heteroatoms. The van der Waals surface area contributed by atoms with Gasteiger partial charge in [-0.25, -0.2) is 4.79 Å². The number of benzene rings is 1. The normalized spacial score (nSPS) is 9.76. The van der Waals surface area contributed by atoms with Crippen molar-refractivity contribution in [2.24, 2.45) is 0 Å². The van der Waals surface area contributed by atoms with Crippen LogP contribution >= 0.6 is 0 Å². The SMILES string of the molecule is C=C(CO)C(=O)OCC.N#CC=CC=Cc1ccccc1. The lowest BCUT2D eigenvalue weighted by molar-refractivity contribution is -0.138. The first-order valence-electron chi connectivity index (χ1n) is 6.39. The topological polar surface area (TPSA) is 70.3 Å². The lowest BCUT2D eigenvalue weighted by Gasteiger charge is -1.99. The van der Waals surface area contributed by atoms with Gasteiger partial charge >= 0.3 is 5.97 Å². The summed E-state index contributed by atoms with van der Waals surface area (Å²) in [7, 11) is 0. The zero-order valence-corrected chi connectivity index (χ0v) is 12.0. The van der Waals surface area contributed by atoms with Crippen LogP contribution in [0.25, 0.3) is 6.08 Å². The van der Waals surface area contributed by atoms with Gasteiger partial charge in [0.15, 0.2) is 0 Å². The molecule has 0 atom stereocenters. The fourth-order valence-electron chi connectivity index (χ4n) is 1.13. The number of nitrogens with zero attached hydrogens (tertiary/aromatic N) is 1. The Morgan fingerprint density at radius 3 is 2.57 bits per heavy atom. The summed E-state index contributed by atoms with van der Waals surface area (Å²) in [6.07, 6.45) is 6.96. The van der Waals surface area contributed by atoms with Crippen LogP contribution in [0.2, 0.25) is 0 Å². The molecule has 0 amide bonds. The van der Waals surface area contributed by atoms with Crippen molar-refractivity contribution < 1.29 is 14.6 Å². The second kappa shape index (κ2) is 12.4. The largest absolute Gasteiger partial charge is 0.463 e. The molecule has 0 aliphatic rings. The lowest BCUT2D eigenvalue weighted by Crippen LogP contribution is -2.08. The Labute approximate surface area is 125 Å². The minimum atomic E-state index is -0.528. The highest BCUT2D eigenvalue weighted by Crippen LogP contribution is 2.00. The molecule has 0 bridgehead atoms. The third-order valence-corrected chi connectivity index (χ3v) is 2.13.